The predicted octanol–water partition coefficient (Wildman–Crippen LogP) is 1.51. The number of thiophene rings is 1. The molecule has 0 saturated carbocycles. The van der Waals surface area contributed by atoms with Gasteiger partial charge in [0.1, 0.15) is 4.21 Å². The van der Waals surface area contributed by atoms with Gasteiger partial charge in [-0.2, -0.15) is 0 Å². The van der Waals surface area contributed by atoms with Crippen molar-refractivity contribution < 1.29 is 13.2 Å². The van der Waals surface area contributed by atoms with Gasteiger partial charge < -0.3 is 10.6 Å². The SMILES string of the molecule is CC(=O)NCCc1ccc(S(=O)(=O)NCc2ccc3c(c2)CNC3)s1. The summed E-state index contributed by atoms with van der Waals surface area (Å²) in [5.41, 5.74) is 3.45. The monoisotopic (exact) mass is 379 g/mol. The van der Waals surface area contributed by atoms with Crippen LogP contribution in [-0.2, 0) is 40.9 Å². The smallest absolute Gasteiger partial charge is 0.250 e. The number of sulfonamides is 1. The highest BCUT2D eigenvalue weighted by Gasteiger charge is 2.17. The van der Waals surface area contributed by atoms with Crippen molar-refractivity contribution in [2.24, 2.45) is 0 Å². The van der Waals surface area contributed by atoms with Crippen LogP contribution in [-0.4, -0.2) is 20.9 Å². The molecule has 0 spiro atoms. The molecule has 8 heteroatoms. The van der Waals surface area contributed by atoms with Crippen molar-refractivity contribution in [1.29, 1.82) is 0 Å². The fourth-order valence-corrected chi connectivity index (χ4v) is 5.12. The van der Waals surface area contributed by atoms with Gasteiger partial charge in [0.05, 0.1) is 0 Å². The van der Waals surface area contributed by atoms with Crippen molar-refractivity contribution in [2.45, 2.75) is 37.2 Å². The Kier molecular flexibility index (Phi) is 5.53. The molecule has 6 nitrogen and oxygen atoms in total. The number of nitrogens with one attached hydrogen (secondary N) is 3. The maximum atomic E-state index is 12.5. The Morgan fingerprint density at radius 3 is 2.80 bits per heavy atom. The zero-order valence-corrected chi connectivity index (χ0v) is 15.6. The number of amides is 1. The Hall–Kier alpha value is -1.74. The minimum atomic E-state index is -3.53. The molecule has 0 aliphatic carbocycles. The van der Waals surface area contributed by atoms with Crippen molar-refractivity contribution >= 4 is 27.3 Å². The van der Waals surface area contributed by atoms with E-state index in [-0.39, 0.29) is 12.5 Å². The van der Waals surface area contributed by atoms with Crippen LogP contribution in [0.5, 0.6) is 0 Å². The highest BCUT2D eigenvalue weighted by molar-refractivity contribution is 7.91. The molecule has 0 radical (unpaired) electrons. The lowest BCUT2D eigenvalue weighted by Gasteiger charge is -2.07. The van der Waals surface area contributed by atoms with Crippen LogP contribution in [0.1, 0.15) is 28.5 Å². The number of carbonyl (C=O) groups excluding carboxylic acids is 1. The van der Waals surface area contributed by atoms with Crippen molar-refractivity contribution in [3.63, 3.8) is 0 Å². The summed E-state index contributed by atoms with van der Waals surface area (Å²) in [6, 6.07) is 9.46. The number of rotatable bonds is 7. The first-order chi connectivity index (χ1) is 11.9. The van der Waals surface area contributed by atoms with Gasteiger partial charge in [0.15, 0.2) is 0 Å². The van der Waals surface area contributed by atoms with Crippen molar-refractivity contribution in [2.75, 3.05) is 6.54 Å². The Balaban J connectivity index is 1.60. The quantitative estimate of drug-likeness (QED) is 0.681. The minimum absolute atomic E-state index is 0.0874. The number of carbonyl (C=O) groups is 1. The number of benzene rings is 1. The van der Waals surface area contributed by atoms with Crippen LogP contribution in [0.4, 0.5) is 0 Å². The molecule has 1 aliphatic rings. The van der Waals surface area contributed by atoms with Crippen LogP contribution in [0.15, 0.2) is 34.5 Å². The van der Waals surface area contributed by atoms with Crippen molar-refractivity contribution in [3.8, 4) is 0 Å². The van der Waals surface area contributed by atoms with Gasteiger partial charge in [-0.1, -0.05) is 18.2 Å². The van der Waals surface area contributed by atoms with E-state index in [0.717, 1.165) is 23.5 Å². The van der Waals surface area contributed by atoms with Crippen LogP contribution in [0.3, 0.4) is 0 Å². The molecule has 0 bridgehead atoms. The molecule has 2 heterocycles. The van der Waals surface area contributed by atoms with E-state index < -0.39 is 10.0 Å². The lowest BCUT2D eigenvalue weighted by Crippen LogP contribution is -2.22. The molecule has 1 amide bonds. The molecule has 0 saturated heterocycles. The lowest BCUT2D eigenvalue weighted by atomic mass is 10.1. The zero-order chi connectivity index (χ0) is 17.9. The van der Waals surface area contributed by atoms with Gasteiger partial charge >= 0.3 is 0 Å². The summed E-state index contributed by atoms with van der Waals surface area (Å²) in [5.74, 6) is -0.0874. The Bertz CT molecular complexity index is 875. The Morgan fingerprint density at radius 1 is 1.20 bits per heavy atom. The summed E-state index contributed by atoms with van der Waals surface area (Å²) in [6.45, 7) is 3.94. The van der Waals surface area contributed by atoms with E-state index >= 15 is 0 Å². The van der Waals surface area contributed by atoms with Gasteiger partial charge in [0, 0.05) is 38.0 Å². The predicted molar refractivity (Wildman–Crippen MR) is 97.7 cm³/mol. The molecule has 0 unspecified atom stereocenters. The summed E-state index contributed by atoms with van der Waals surface area (Å²) in [5, 5.41) is 5.98. The Morgan fingerprint density at radius 2 is 2.00 bits per heavy atom. The van der Waals surface area contributed by atoms with E-state index in [1.807, 2.05) is 18.2 Å². The first kappa shape index (κ1) is 18.1. The summed E-state index contributed by atoms with van der Waals surface area (Å²) in [4.78, 5) is 11.8. The highest BCUT2D eigenvalue weighted by atomic mass is 32.2. The second-order valence-corrected chi connectivity index (χ2v) is 9.15. The number of fused-ring (bicyclic) bond motifs is 1. The first-order valence-electron chi connectivity index (χ1n) is 8.08. The van der Waals surface area contributed by atoms with E-state index in [0.29, 0.717) is 17.2 Å². The molecule has 3 rings (SSSR count). The number of hydrogen-bond donors (Lipinski definition) is 3. The van der Waals surface area contributed by atoms with Crippen LogP contribution >= 0.6 is 11.3 Å². The van der Waals surface area contributed by atoms with Crippen LogP contribution < -0.4 is 15.4 Å². The molecule has 3 N–H and O–H groups in total. The van der Waals surface area contributed by atoms with Crippen LogP contribution in [0.25, 0.3) is 0 Å². The molecule has 1 aromatic heterocycles. The summed E-state index contributed by atoms with van der Waals surface area (Å²) < 4.78 is 27.9. The van der Waals surface area contributed by atoms with Crippen LogP contribution in [0.2, 0.25) is 0 Å². The molecule has 134 valence electrons. The van der Waals surface area contributed by atoms with E-state index in [1.165, 1.54) is 29.4 Å². The molecule has 0 atom stereocenters. The minimum Gasteiger partial charge on any atom is -0.356 e. The van der Waals surface area contributed by atoms with Crippen molar-refractivity contribution in [1.82, 2.24) is 15.4 Å². The van der Waals surface area contributed by atoms with E-state index in [4.69, 9.17) is 0 Å². The van der Waals surface area contributed by atoms with E-state index in [2.05, 4.69) is 15.4 Å². The highest BCUT2D eigenvalue weighted by Crippen LogP contribution is 2.22. The van der Waals surface area contributed by atoms with Gasteiger partial charge in [-0.3, -0.25) is 4.79 Å². The van der Waals surface area contributed by atoms with E-state index in [9.17, 15) is 13.2 Å². The van der Waals surface area contributed by atoms with Gasteiger partial charge in [-0.25, -0.2) is 13.1 Å². The molecule has 0 fully saturated rings. The average Bonchev–Trinajstić information content (AvgIpc) is 3.21. The fourth-order valence-electron chi connectivity index (χ4n) is 2.71. The standard InChI is InChI=1S/C17H21N3O3S2/c1-12(21)19-7-6-16-4-5-17(24-16)25(22,23)20-9-13-2-3-14-10-18-11-15(14)8-13/h2-5,8,18,20H,6-7,9-11H2,1H3,(H,19,21). The third-order valence-corrected chi connectivity index (χ3v) is 7.05. The summed E-state index contributed by atoms with van der Waals surface area (Å²) in [7, 11) is -3.53. The molecular formula is C17H21N3O3S2. The summed E-state index contributed by atoms with van der Waals surface area (Å²) in [6.07, 6.45) is 0.623. The zero-order valence-electron chi connectivity index (χ0n) is 14.0. The Labute approximate surface area is 151 Å². The first-order valence-corrected chi connectivity index (χ1v) is 10.4. The van der Waals surface area contributed by atoms with Gasteiger partial charge in [-0.15, -0.1) is 11.3 Å². The second-order valence-electron chi connectivity index (χ2n) is 5.98. The largest absolute Gasteiger partial charge is 0.356 e. The normalized spacial score (nSPS) is 13.6. The third-order valence-electron chi connectivity index (χ3n) is 4.02. The lowest BCUT2D eigenvalue weighted by molar-refractivity contribution is -0.118. The van der Waals surface area contributed by atoms with Crippen LogP contribution in [0, 0.1) is 0 Å². The maximum Gasteiger partial charge on any atom is 0.250 e. The molecule has 1 aromatic carbocycles. The second kappa shape index (κ2) is 7.65. The fraction of sp³-hybridized carbons (Fsp3) is 0.353. The molecule has 1 aliphatic heterocycles. The van der Waals surface area contributed by atoms with E-state index in [1.54, 1.807) is 12.1 Å². The topological polar surface area (TPSA) is 87.3 Å². The molecule has 2 aromatic rings. The average molecular weight is 380 g/mol. The van der Waals surface area contributed by atoms with Gasteiger partial charge in [-0.05, 0) is 35.2 Å². The molecular weight excluding hydrogens is 358 g/mol. The summed E-state index contributed by atoms with van der Waals surface area (Å²) >= 11 is 1.23. The van der Waals surface area contributed by atoms with Gasteiger partial charge in [0.25, 0.3) is 0 Å². The van der Waals surface area contributed by atoms with Gasteiger partial charge in [0.2, 0.25) is 15.9 Å². The third kappa shape index (κ3) is 4.66. The van der Waals surface area contributed by atoms with Crippen molar-refractivity contribution in [3.05, 3.63) is 51.9 Å². The maximum absolute atomic E-state index is 12.5. The number of hydrogen-bond acceptors (Lipinski definition) is 5. The molecule has 25 heavy (non-hydrogen) atoms.